The molecular formula is C11H14ClNO. The van der Waals surface area contributed by atoms with E-state index in [0.717, 1.165) is 13.0 Å². The standard InChI is InChI=1S/C11H14ClNO/c1-2-7-13-8-11(14)9-3-5-10(12)6-4-9/h3-6,13H,2,7-8H2,1H3. The van der Waals surface area contributed by atoms with Gasteiger partial charge in [-0.2, -0.15) is 0 Å². The molecule has 1 N–H and O–H groups in total. The molecular weight excluding hydrogens is 198 g/mol. The Labute approximate surface area is 89.3 Å². The number of nitrogens with one attached hydrogen (secondary N) is 1. The Morgan fingerprint density at radius 3 is 2.57 bits per heavy atom. The second kappa shape index (κ2) is 5.78. The van der Waals surface area contributed by atoms with Crippen molar-refractivity contribution < 1.29 is 4.79 Å². The molecule has 0 aliphatic rings. The van der Waals surface area contributed by atoms with Crippen molar-refractivity contribution in [2.45, 2.75) is 13.3 Å². The molecule has 0 fully saturated rings. The molecule has 0 saturated heterocycles. The molecule has 0 radical (unpaired) electrons. The molecule has 14 heavy (non-hydrogen) atoms. The first kappa shape index (κ1) is 11.2. The van der Waals surface area contributed by atoms with Gasteiger partial charge in [-0.15, -0.1) is 0 Å². The Morgan fingerprint density at radius 2 is 2.00 bits per heavy atom. The van der Waals surface area contributed by atoms with E-state index in [1.165, 1.54) is 0 Å². The predicted molar refractivity (Wildman–Crippen MR) is 58.9 cm³/mol. The number of halogens is 1. The van der Waals surface area contributed by atoms with E-state index in [2.05, 4.69) is 12.2 Å². The van der Waals surface area contributed by atoms with Gasteiger partial charge in [-0.1, -0.05) is 18.5 Å². The highest BCUT2D eigenvalue weighted by Crippen LogP contribution is 2.09. The van der Waals surface area contributed by atoms with Crippen LogP contribution in [-0.2, 0) is 0 Å². The van der Waals surface area contributed by atoms with Crippen LogP contribution in [0.15, 0.2) is 24.3 Å². The number of benzene rings is 1. The third-order valence-electron chi connectivity index (χ3n) is 1.88. The average Bonchev–Trinajstić information content (AvgIpc) is 2.19. The topological polar surface area (TPSA) is 29.1 Å². The Balaban J connectivity index is 2.48. The van der Waals surface area contributed by atoms with E-state index in [9.17, 15) is 4.79 Å². The number of carbonyl (C=O) groups excluding carboxylic acids is 1. The molecule has 0 amide bonds. The maximum Gasteiger partial charge on any atom is 0.176 e. The molecule has 0 saturated carbocycles. The number of hydrogen-bond donors (Lipinski definition) is 1. The summed E-state index contributed by atoms with van der Waals surface area (Å²) in [7, 11) is 0. The molecule has 3 heteroatoms. The van der Waals surface area contributed by atoms with Gasteiger partial charge in [-0.05, 0) is 37.2 Å². The first-order valence-electron chi connectivity index (χ1n) is 4.73. The molecule has 0 atom stereocenters. The maximum atomic E-state index is 11.5. The smallest absolute Gasteiger partial charge is 0.176 e. The molecule has 0 aliphatic carbocycles. The van der Waals surface area contributed by atoms with Crippen LogP contribution in [0.2, 0.25) is 5.02 Å². The van der Waals surface area contributed by atoms with Gasteiger partial charge in [-0.3, -0.25) is 4.79 Å². The Hall–Kier alpha value is -0.860. The van der Waals surface area contributed by atoms with Gasteiger partial charge in [-0.25, -0.2) is 0 Å². The predicted octanol–water partition coefficient (Wildman–Crippen LogP) is 2.52. The van der Waals surface area contributed by atoms with E-state index in [1.54, 1.807) is 24.3 Å². The summed E-state index contributed by atoms with van der Waals surface area (Å²) in [6, 6.07) is 6.96. The van der Waals surface area contributed by atoms with Gasteiger partial charge in [0.15, 0.2) is 5.78 Å². The Morgan fingerprint density at radius 1 is 1.36 bits per heavy atom. The minimum absolute atomic E-state index is 0.107. The normalized spacial score (nSPS) is 10.1. The zero-order chi connectivity index (χ0) is 10.4. The number of rotatable bonds is 5. The molecule has 1 aromatic rings. The highest BCUT2D eigenvalue weighted by Gasteiger charge is 2.03. The summed E-state index contributed by atoms with van der Waals surface area (Å²) in [5.74, 6) is 0.107. The van der Waals surface area contributed by atoms with Gasteiger partial charge in [0.1, 0.15) is 0 Å². The minimum atomic E-state index is 0.107. The number of carbonyl (C=O) groups is 1. The number of hydrogen-bond acceptors (Lipinski definition) is 2. The van der Waals surface area contributed by atoms with Crippen LogP contribution in [-0.4, -0.2) is 18.9 Å². The summed E-state index contributed by atoms with van der Waals surface area (Å²) in [5.41, 5.74) is 0.706. The summed E-state index contributed by atoms with van der Waals surface area (Å²) in [4.78, 5) is 11.5. The van der Waals surface area contributed by atoms with Crippen LogP contribution >= 0.6 is 11.6 Å². The lowest BCUT2D eigenvalue weighted by molar-refractivity contribution is 0.0991. The summed E-state index contributed by atoms with van der Waals surface area (Å²) >= 11 is 5.72. The molecule has 0 aliphatic heterocycles. The number of ketones is 1. The van der Waals surface area contributed by atoms with Crippen molar-refractivity contribution in [3.63, 3.8) is 0 Å². The summed E-state index contributed by atoms with van der Waals surface area (Å²) < 4.78 is 0. The lowest BCUT2D eigenvalue weighted by atomic mass is 10.1. The first-order valence-corrected chi connectivity index (χ1v) is 5.11. The molecule has 1 aromatic carbocycles. The largest absolute Gasteiger partial charge is 0.310 e. The van der Waals surface area contributed by atoms with Crippen molar-refractivity contribution in [1.82, 2.24) is 5.32 Å². The van der Waals surface area contributed by atoms with Crippen molar-refractivity contribution >= 4 is 17.4 Å². The fraction of sp³-hybridized carbons (Fsp3) is 0.364. The molecule has 0 spiro atoms. The van der Waals surface area contributed by atoms with Crippen molar-refractivity contribution in [2.24, 2.45) is 0 Å². The van der Waals surface area contributed by atoms with E-state index < -0.39 is 0 Å². The van der Waals surface area contributed by atoms with E-state index in [0.29, 0.717) is 17.1 Å². The molecule has 0 heterocycles. The van der Waals surface area contributed by atoms with Crippen LogP contribution in [0.3, 0.4) is 0 Å². The van der Waals surface area contributed by atoms with Gasteiger partial charge >= 0.3 is 0 Å². The zero-order valence-electron chi connectivity index (χ0n) is 8.22. The Bertz CT molecular complexity index is 295. The van der Waals surface area contributed by atoms with Crippen molar-refractivity contribution in [3.8, 4) is 0 Å². The highest BCUT2D eigenvalue weighted by molar-refractivity contribution is 6.30. The van der Waals surface area contributed by atoms with Crippen LogP contribution in [0.4, 0.5) is 0 Å². The fourth-order valence-corrected chi connectivity index (χ4v) is 1.24. The van der Waals surface area contributed by atoms with Crippen LogP contribution < -0.4 is 5.32 Å². The second-order valence-corrected chi connectivity index (χ2v) is 3.54. The van der Waals surface area contributed by atoms with E-state index >= 15 is 0 Å². The zero-order valence-corrected chi connectivity index (χ0v) is 8.97. The van der Waals surface area contributed by atoms with Crippen molar-refractivity contribution in [3.05, 3.63) is 34.9 Å². The maximum absolute atomic E-state index is 11.5. The molecule has 1 rings (SSSR count). The van der Waals surface area contributed by atoms with Gasteiger partial charge in [0, 0.05) is 10.6 Å². The molecule has 76 valence electrons. The monoisotopic (exact) mass is 211 g/mol. The van der Waals surface area contributed by atoms with Gasteiger partial charge in [0.05, 0.1) is 6.54 Å². The number of Topliss-reactive ketones (excluding diaryl/α,β-unsaturated/α-hetero) is 1. The van der Waals surface area contributed by atoms with Crippen LogP contribution in [0, 0.1) is 0 Å². The van der Waals surface area contributed by atoms with Crippen molar-refractivity contribution in [2.75, 3.05) is 13.1 Å². The summed E-state index contributed by atoms with van der Waals surface area (Å²) in [6.07, 6.45) is 1.04. The third-order valence-corrected chi connectivity index (χ3v) is 2.13. The molecule has 2 nitrogen and oxygen atoms in total. The lowest BCUT2D eigenvalue weighted by Gasteiger charge is -2.02. The first-order chi connectivity index (χ1) is 6.74. The minimum Gasteiger partial charge on any atom is -0.310 e. The van der Waals surface area contributed by atoms with Gasteiger partial charge in [0.2, 0.25) is 0 Å². The van der Waals surface area contributed by atoms with Gasteiger partial charge < -0.3 is 5.32 Å². The van der Waals surface area contributed by atoms with Crippen LogP contribution in [0.5, 0.6) is 0 Å². The van der Waals surface area contributed by atoms with Crippen LogP contribution in [0.1, 0.15) is 23.7 Å². The summed E-state index contributed by atoms with van der Waals surface area (Å²) in [5, 5.41) is 3.72. The molecule has 0 aromatic heterocycles. The SMILES string of the molecule is CCCNCC(=O)c1ccc(Cl)cc1. The third kappa shape index (κ3) is 3.48. The highest BCUT2D eigenvalue weighted by atomic mass is 35.5. The lowest BCUT2D eigenvalue weighted by Crippen LogP contribution is -2.23. The second-order valence-electron chi connectivity index (χ2n) is 3.11. The Kier molecular flexibility index (Phi) is 4.63. The molecule has 0 unspecified atom stereocenters. The average molecular weight is 212 g/mol. The van der Waals surface area contributed by atoms with Gasteiger partial charge in [0.25, 0.3) is 0 Å². The van der Waals surface area contributed by atoms with Crippen LogP contribution in [0.25, 0.3) is 0 Å². The quantitative estimate of drug-likeness (QED) is 0.599. The fourth-order valence-electron chi connectivity index (χ4n) is 1.12. The van der Waals surface area contributed by atoms with E-state index in [-0.39, 0.29) is 5.78 Å². The van der Waals surface area contributed by atoms with Crippen molar-refractivity contribution in [1.29, 1.82) is 0 Å². The van der Waals surface area contributed by atoms with E-state index in [1.807, 2.05) is 0 Å². The summed E-state index contributed by atoms with van der Waals surface area (Å²) in [6.45, 7) is 3.34. The van der Waals surface area contributed by atoms with E-state index in [4.69, 9.17) is 11.6 Å². The molecule has 0 bridgehead atoms.